The topological polar surface area (TPSA) is 39.2 Å². The van der Waals surface area contributed by atoms with E-state index in [9.17, 15) is 4.79 Å². The van der Waals surface area contributed by atoms with E-state index in [0.717, 1.165) is 31.2 Å². The van der Waals surface area contributed by atoms with Crippen molar-refractivity contribution in [1.82, 2.24) is 4.98 Å². The number of nitrogens with zero attached hydrogens (tertiary/aromatic N) is 1. The molecule has 0 aliphatic rings. The fourth-order valence-corrected chi connectivity index (χ4v) is 2.80. The average Bonchev–Trinajstić information content (AvgIpc) is 2.70. The van der Waals surface area contributed by atoms with Crippen LogP contribution < -0.4 is 0 Å². The first-order valence-electron chi connectivity index (χ1n) is 10.7. The largest absolute Gasteiger partial charge is 0.461 e. The van der Waals surface area contributed by atoms with Crippen LogP contribution in [0.25, 0.3) is 0 Å². The van der Waals surface area contributed by atoms with Crippen LogP contribution in [0.1, 0.15) is 89.5 Å². The molecule has 1 aromatic heterocycles. The zero-order valence-electron chi connectivity index (χ0n) is 17.1. The molecule has 0 bridgehead atoms. The van der Waals surface area contributed by atoms with Gasteiger partial charge >= 0.3 is 5.97 Å². The van der Waals surface area contributed by atoms with Crippen LogP contribution in [-0.4, -0.2) is 11.0 Å². The molecule has 0 saturated carbocycles. The summed E-state index contributed by atoms with van der Waals surface area (Å²) in [5, 5.41) is 0. The zero-order chi connectivity index (χ0) is 19.4. The molecule has 0 aromatic carbocycles. The highest BCUT2D eigenvalue weighted by Gasteiger charge is 2.03. The van der Waals surface area contributed by atoms with Crippen LogP contribution >= 0.6 is 0 Å². The number of unbranched alkanes of at least 4 members (excludes halogenated alkanes) is 8. The summed E-state index contributed by atoms with van der Waals surface area (Å²) in [7, 11) is 0. The van der Waals surface area contributed by atoms with Gasteiger partial charge in [0.05, 0.1) is 0 Å². The predicted octanol–water partition coefficient (Wildman–Crippen LogP) is 6.94. The van der Waals surface area contributed by atoms with Crippen molar-refractivity contribution in [2.75, 3.05) is 0 Å². The first-order chi connectivity index (χ1) is 13.3. The Balaban J connectivity index is 1.85. The molecular formula is C24H37NO2. The summed E-state index contributed by atoms with van der Waals surface area (Å²) in [6.45, 7) is 2.57. The normalized spacial score (nSPS) is 11.4. The highest BCUT2D eigenvalue weighted by Crippen LogP contribution is 2.09. The Kier molecular flexibility index (Phi) is 15.0. The monoisotopic (exact) mass is 371 g/mol. The van der Waals surface area contributed by atoms with E-state index >= 15 is 0 Å². The minimum Gasteiger partial charge on any atom is -0.461 e. The molecule has 0 fully saturated rings. The summed E-state index contributed by atoms with van der Waals surface area (Å²) in [5.41, 5.74) is 0.936. The molecule has 0 saturated heterocycles. The van der Waals surface area contributed by atoms with Gasteiger partial charge in [0.15, 0.2) is 0 Å². The highest BCUT2D eigenvalue weighted by molar-refractivity contribution is 5.69. The maximum Gasteiger partial charge on any atom is 0.306 e. The van der Waals surface area contributed by atoms with Gasteiger partial charge in [0.25, 0.3) is 0 Å². The van der Waals surface area contributed by atoms with Crippen LogP contribution in [0.15, 0.2) is 48.8 Å². The van der Waals surface area contributed by atoms with E-state index in [1.807, 2.05) is 12.1 Å². The van der Waals surface area contributed by atoms with Gasteiger partial charge in [-0.05, 0) is 44.6 Å². The van der Waals surface area contributed by atoms with Gasteiger partial charge in [-0.1, -0.05) is 69.4 Å². The Hall–Kier alpha value is -1.90. The van der Waals surface area contributed by atoms with Crippen LogP contribution in [0.4, 0.5) is 0 Å². The lowest BCUT2D eigenvalue weighted by atomic mass is 10.1. The lowest BCUT2D eigenvalue weighted by molar-refractivity contribution is -0.145. The number of allylic oxidation sites excluding steroid dienone is 4. The summed E-state index contributed by atoms with van der Waals surface area (Å²) in [5.74, 6) is -0.107. The molecule has 27 heavy (non-hydrogen) atoms. The second-order valence-electron chi connectivity index (χ2n) is 7.00. The SMILES string of the molecule is CCCCC/C=C\C/C=C\CCCCCCCC(=O)OCc1cccnc1. The number of pyridine rings is 1. The molecule has 1 aromatic rings. The van der Waals surface area contributed by atoms with E-state index in [0.29, 0.717) is 13.0 Å². The smallest absolute Gasteiger partial charge is 0.306 e. The average molecular weight is 372 g/mol. The Morgan fingerprint density at radius 2 is 1.67 bits per heavy atom. The fraction of sp³-hybridized carbons (Fsp3) is 0.583. The van der Waals surface area contributed by atoms with Crippen molar-refractivity contribution in [3.8, 4) is 0 Å². The van der Waals surface area contributed by atoms with Crippen LogP contribution in [0.5, 0.6) is 0 Å². The molecule has 0 aliphatic carbocycles. The van der Waals surface area contributed by atoms with Gasteiger partial charge < -0.3 is 4.74 Å². The summed E-state index contributed by atoms with van der Waals surface area (Å²) >= 11 is 0. The fourth-order valence-electron chi connectivity index (χ4n) is 2.80. The minimum atomic E-state index is -0.107. The number of carbonyl (C=O) groups excluding carboxylic acids is 1. The van der Waals surface area contributed by atoms with Crippen LogP contribution in [-0.2, 0) is 16.1 Å². The first-order valence-corrected chi connectivity index (χ1v) is 10.7. The van der Waals surface area contributed by atoms with Gasteiger partial charge in [-0.15, -0.1) is 0 Å². The summed E-state index contributed by atoms with van der Waals surface area (Å²) < 4.78 is 5.25. The van der Waals surface area contributed by atoms with Crippen molar-refractivity contribution < 1.29 is 9.53 Å². The van der Waals surface area contributed by atoms with Gasteiger partial charge in [0.2, 0.25) is 0 Å². The third-order valence-electron chi connectivity index (χ3n) is 4.45. The van der Waals surface area contributed by atoms with Crippen LogP contribution in [0, 0.1) is 0 Å². The van der Waals surface area contributed by atoms with Gasteiger partial charge in [-0.25, -0.2) is 0 Å². The molecule has 1 heterocycles. The number of esters is 1. The molecule has 0 amide bonds. The second-order valence-corrected chi connectivity index (χ2v) is 7.00. The number of aromatic nitrogens is 1. The van der Waals surface area contributed by atoms with E-state index in [1.54, 1.807) is 12.4 Å². The second kappa shape index (κ2) is 17.5. The van der Waals surface area contributed by atoms with Gasteiger partial charge in [-0.3, -0.25) is 9.78 Å². The number of hydrogen-bond donors (Lipinski definition) is 0. The van der Waals surface area contributed by atoms with Crippen molar-refractivity contribution in [1.29, 1.82) is 0 Å². The minimum absolute atomic E-state index is 0.107. The van der Waals surface area contributed by atoms with E-state index in [-0.39, 0.29) is 5.97 Å². The Labute approximate surface area is 165 Å². The number of hydrogen-bond acceptors (Lipinski definition) is 3. The van der Waals surface area contributed by atoms with Crippen molar-refractivity contribution in [2.24, 2.45) is 0 Å². The molecule has 3 nitrogen and oxygen atoms in total. The Bertz CT molecular complexity index is 522. The first kappa shape index (κ1) is 23.1. The molecule has 0 atom stereocenters. The molecular weight excluding hydrogens is 334 g/mol. The number of carbonyl (C=O) groups is 1. The molecule has 3 heteroatoms. The van der Waals surface area contributed by atoms with Crippen LogP contribution in [0.3, 0.4) is 0 Å². The highest BCUT2D eigenvalue weighted by atomic mass is 16.5. The number of rotatable bonds is 16. The zero-order valence-corrected chi connectivity index (χ0v) is 17.1. The standard InChI is InChI=1S/C24H37NO2/c1-2-3-4-5-6-7-8-9-10-11-12-13-14-15-16-19-24(26)27-22-23-18-17-20-25-21-23/h6-7,9-10,17-18,20-21H,2-5,8,11-16,19,22H2,1H3/b7-6-,10-9-. The maximum absolute atomic E-state index is 11.7. The van der Waals surface area contributed by atoms with Crippen molar-refractivity contribution in [3.05, 3.63) is 54.4 Å². The molecule has 0 radical (unpaired) electrons. The summed E-state index contributed by atoms with van der Waals surface area (Å²) in [6, 6.07) is 3.77. The van der Waals surface area contributed by atoms with Gasteiger partial charge in [-0.2, -0.15) is 0 Å². The summed E-state index contributed by atoms with van der Waals surface area (Å²) in [6.07, 6.45) is 26.2. The number of ether oxygens (including phenoxy) is 1. The lowest BCUT2D eigenvalue weighted by Gasteiger charge is -2.04. The lowest BCUT2D eigenvalue weighted by Crippen LogP contribution is -2.04. The summed E-state index contributed by atoms with van der Waals surface area (Å²) in [4.78, 5) is 15.7. The molecule has 0 unspecified atom stereocenters. The van der Waals surface area contributed by atoms with E-state index < -0.39 is 0 Å². The molecule has 0 aliphatic heterocycles. The van der Waals surface area contributed by atoms with Crippen molar-refractivity contribution >= 4 is 5.97 Å². The Morgan fingerprint density at radius 1 is 0.963 bits per heavy atom. The van der Waals surface area contributed by atoms with Crippen LogP contribution in [0.2, 0.25) is 0 Å². The van der Waals surface area contributed by atoms with Gasteiger partial charge in [0.1, 0.15) is 6.61 Å². The van der Waals surface area contributed by atoms with Crippen molar-refractivity contribution in [3.63, 3.8) is 0 Å². The van der Waals surface area contributed by atoms with E-state index in [1.165, 1.54) is 44.9 Å². The van der Waals surface area contributed by atoms with Gasteiger partial charge in [0, 0.05) is 24.4 Å². The Morgan fingerprint density at radius 3 is 2.37 bits per heavy atom. The molecule has 150 valence electrons. The third kappa shape index (κ3) is 14.9. The maximum atomic E-state index is 11.7. The predicted molar refractivity (Wildman–Crippen MR) is 113 cm³/mol. The molecule has 0 spiro atoms. The molecule has 0 N–H and O–H groups in total. The quantitative estimate of drug-likeness (QED) is 0.179. The molecule has 1 rings (SSSR count). The van der Waals surface area contributed by atoms with E-state index in [4.69, 9.17) is 4.74 Å². The van der Waals surface area contributed by atoms with Crippen molar-refractivity contribution in [2.45, 2.75) is 90.6 Å². The van der Waals surface area contributed by atoms with E-state index in [2.05, 4.69) is 36.2 Å². The third-order valence-corrected chi connectivity index (χ3v) is 4.45.